The number of rotatable bonds is 6. The summed E-state index contributed by atoms with van der Waals surface area (Å²) < 4.78 is 18.2. The Bertz CT molecular complexity index is 300. The minimum absolute atomic E-state index is 0. The largest absolute Gasteiger partial charge is 0.460 e. The first-order valence-electron chi connectivity index (χ1n) is 4.75. The monoisotopic (exact) mass is 315 g/mol. The molecule has 0 heterocycles. The van der Waals surface area contributed by atoms with Crippen LogP contribution in [0.25, 0.3) is 0 Å². The smallest absolute Gasteiger partial charge is 0.375 e. The molecule has 1 N–H and O–H groups in total. The standard InChI is InChI=1S/C8H15Cl2O5P.Na/c1-4-6(3)15-7(11)8(9,10)16(12,13)14-5-2;/h6H,4-5H2,1-3H3,(H,12,13);. The molecule has 17 heavy (non-hydrogen) atoms. The fourth-order valence-corrected chi connectivity index (χ4v) is 1.89. The van der Waals surface area contributed by atoms with Crippen LogP contribution in [0.15, 0.2) is 0 Å². The van der Waals surface area contributed by atoms with Crippen molar-refractivity contribution in [1.82, 2.24) is 0 Å². The van der Waals surface area contributed by atoms with Crippen LogP contribution >= 0.6 is 30.8 Å². The van der Waals surface area contributed by atoms with Gasteiger partial charge in [-0.15, -0.1) is 0 Å². The van der Waals surface area contributed by atoms with Crippen molar-refractivity contribution in [3.05, 3.63) is 0 Å². The molecule has 0 aliphatic rings. The maximum Gasteiger partial charge on any atom is 0.375 e. The molecule has 0 rings (SSSR count). The van der Waals surface area contributed by atoms with Crippen molar-refractivity contribution in [2.45, 2.75) is 37.4 Å². The van der Waals surface area contributed by atoms with E-state index in [4.69, 9.17) is 27.9 Å². The minimum Gasteiger partial charge on any atom is -0.460 e. The Morgan fingerprint density at radius 2 is 1.94 bits per heavy atom. The second kappa shape index (κ2) is 8.39. The molecule has 9 heteroatoms. The number of ether oxygens (including phenoxy) is 1. The molecule has 5 nitrogen and oxygen atoms in total. The van der Waals surface area contributed by atoms with Crippen LogP contribution in [0.1, 0.15) is 27.2 Å². The summed E-state index contributed by atoms with van der Waals surface area (Å²) in [6, 6.07) is 0. The molecular weight excluding hydrogens is 301 g/mol. The summed E-state index contributed by atoms with van der Waals surface area (Å²) >= 11 is 11.0. The molecule has 0 amide bonds. The summed E-state index contributed by atoms with van der Waals surface area (Å²) in [5.74, 6) is -1.18. The third kappa shape index (κ3) is 5.79. The molecule has 97 valence electrons. The van der Waals surface area contributed by atoms with Crippen molar-refractivity contribution in [1.29, 1.82) is 0 Å². The van der Waals surface area contributed by atoms with Crippen LogP contribution < -0.4 is 0 Å². The van der Waals surface area contributed by atoms with Crippen LogP contribution in [0.5, 0.6) is 0 Å². The maximum absolute atomic E-state index is 11.5. The Morgan fingerprint density at radius 1 is 1.47 bits per heavy atom. The van der Waals surface area contributed by atoms with Gasteiger partial charge in [0.1, 0.15) is 0 Å². The van der Waals surface area contributed by atoms with E-state index in [1.807, 2.05) is 0 Å². The van der Waals surface area contributed by atoms with Crippen molar-refractivity contribution in [3.63, 3.8) is 0 Å². The molecule has 0 spiro atoms. The van der Waals surface area contributed by atoms with Crippen LogP contribution in [0.3, 0.4) is 0 Å². The van der Waals surface area contributed by atoms with Crippen LogP contribution in [0.4, 0.5) is 0 Å². The molecule has 2 unspecified atom stereocenters. The van der Waals surface area contributed by atoms with E-state index >= 15 is 0 Å². The van der Waals surface area contributed by atoms with E-state index in [1.54, 1.807) is 13.8 Å². The first kappa shape index (κ1) is 20.5. The summed E-state index contributed by atoms with van der Waals surface area (Å²) in [7, 11) is -4.46. The van der Waals surface area contributed by atoms with Gasteiger partial charge in [0.2, 0.25) is 0 Å². The van der Waals surface area contributed by atoms with Gasteiger partial charge in [0.15, 0.2) is 0 Å². The Hall–Kier alpha value is 1.20. The van der Waals surface area contributed by atoms with Gasteiger partial charge < -0.3 is 14.2 Å². The fraction of sp³-hybridized carbons (Fsp3) is 0.875. The van der Waals surface area contributed by atoms with E-state index in [2.05, 4.69) is 4.52 Å². The molecule has 1 radical (unpaired) electrons. The van der Waals surface area contributed by atoms with E-state index < -0.39 is 23.7 Å². The molecule has 2 atom stereocenters. The number of esters is 1. The summed E-state index contributed by atoms with van der Waals surface area (Å²) in [5.41, 5.74) is 0. The van der Waals surface area contributed by atoms with Crippen molar-refractivity contribution >= 4 is 66.3 Å². The number of halogens is 2. The SMILES string of the molecule is CCOP(=O)(O)C(Cl)(Cl)C(=O)OC(C)CC.[Na]. The topological polar surface area (TPSA) is 72.8 Å². The van der Waals surface area contributed by atoms with Gasteiger partial charge in [-0.1, -0.05) is 30.1 Å². The van der Waals surface area contributed by atoms with Crippen LogP contribution in [-0.4, -0.2) is 57.2 Å². The zero-order valence-corrected chi connectivity index (χ0v) is 14.7. The zero-order valence-electron chi connectivity index (χ0n) is 10.3. The predicted molar refractivity (Wildman–Crippen MR) is 67.5 cm³/mol. The molecule has 0 saturated carbocycles. The van der Waals surface area contributed by atoms with Gasteiger partial charge in [0, 0.05) is 29.6 Å². The zero-order chi connectivity index (χ0) is 13.0. The average molecular weight is 316 g/mol. The molecule has 0 saturated heterocycles. The van der Waals surface area contributed by atoms with Crippen molar-refractivity contribution < 1.29 is 23.5 Å². The van der Waals surface area contributed by atoms with Gasteiger partial charge in [-0.25, -0.2) is 4.79 Å². The van der Waals surface area contributed by atoms with E-state index in [1.165, 1.54) is 6.92 Å². The van der Waals surface area contributed by atoms with Gasteiger partial charge in [-0.05, 0) is 20.3 Å². The normalized spacial score (nSPS) is 16.6. The number of hydrogen-bond donors (Lipinski definition) is 1. The first-order valence-corrected chi connectivity index (χ1v) is 7.08. The van der Waals surface area contributed by atoms with Gasteiger partial charge in [0.05, 0.1) is 12.7 Å². The molecule has 0 aromatic rings. The average Bonchev–Trinajstić information content (AvgIpc) is 2.16. The van der Waals surface area contributed by atoms with Gasteiger partial charge in [0.25, 0.3) is 0 Å². The fourth-order valence-electron chi connectivity index (χ4n) is 0.708. The Morgan fingerprint density at radius 3 is 2.29 bits per heavy atom. The maximum atomic E-state index is 11.5. The molecule has 0 aromatic carbocycles. The van der Waals surface area contributed by atoms with Crippen molar-refractivity contribution in [3.8, 4) is 0 Å². The molecule has 0 aromatic heterocycles. The first-order chi connectivity index (χ1) is 7.19. The van der Waals surface area contributed by atoms with E-state index in [9.17, 15) is 14.3 Å². The summed E-state index contributed by atoms with van der Waals surface area (Å²) in [5, 5.41) is 0. The summed E-state index contributed by atoms with van der Waals surface area (Å²) in [6.07, 6.45) is 0.103. The summed E-state index contributed by atoms with van der Waals surface area (Å²) in [6.45, 7) is 4.78. The number of alkyl halides is 2. The third-order valence-corrected chi connectivity index (χ3v) is 4.88. The van der Waals surface area contributed by atoms with Crippen LogP contribution in [0.2, 0.25) is 0 Å². The second-order valence-corrected chi connectivity index (χ2v) is 6.93. The number of carbonyl (C=O) groups is 1. The molecule has 0 bridgehead atoms. The van der Waals surface area contributed by atoms with E-state index in [-0.39, 0.29) is 36.2 Å². The predicted octanol–water partition coefficient (Wildman–Crippen LogP) is 2.30. The second-order valence-electron chi connectivity index (χ2n) is 3.10. The van der Waals surface area contributed by atoms with Gasteiger partial charge in [-0.3, -0.25) is 4.57 Å². The van der Waals surface area contributed by atoms with Crippen LogP contribution in [0, 0.1) is 0 Å². The van der Waals surface area contributed by atoms with Gasteiger partial charge >= 0.3 is 17.6 Å². The van der Waals surface area contributed by atoms with Crippen molar-refractivity contribution in [2.75, 3.05) is 6.61 Å². The van der Waals surface area contributed by atoms with E-state index in [0.717, 1.165) is 0 Å². The minimum atomic E-state index is -4.46. The molecule has 0 aliphatic heterocycles. The Kier molecular flexibility index (Phi) is 10.1. The Balaban J connectivity index is 0. The quantitative estimate of drug-likeness (QED) is 0.352. The Labute approximate surface area is 133 Å². The summed E-state index contributed by atoms with van der Waals surface area (Å²) in [4.78, 5) is 20.8. The molecule has 0 fully saturated rings. The number of hydrogen-bond acceptors (Lipinski definition) is 4. The van der Waals surface area contributed by atoms with Gasteiger partial charge in [-0.2, -0.15) is 0 Å². The van der Waals surface area contributed by atoms with Crippen LogP contribution in [-0.2, 0) is 18.6 Å². The third-order valence-electron chi connectivity index (χ3n) is 1.79. The molecular formula is C8H15Cl2NaO5P. The number of carbonyl (C=O) groups excluding carboxylic acids is 1. The molecule has 0 aliphatic carbocycles. The van der Waals surface area contributed by atoms with Crippen molar-refractivity contribution in [2.24, 2.45) is 0 Å². The van der Waals surface area contributed by atoms with E-state index in [0.29, 0.717) is 6.42 Å².